The van der Waals surface area contributed by atoms with Crippen LogP contribution < -0.4 is 10.5 Å². The van der Waals surface area contributed by atoms with Crippen LogP contribution in [0.15, 0.2) is 18.2 Å². The second kappa shape index (κ2) is 3.93. The number of nitrogens with two attached hydrogens (primary N) is 1. The van der Waals surface area contributed by atoms with Crippen molar-refractivity contribution >= 4 is 21.4 Å². The van der Waals surface area contributed by atoms with E-state index in [4.69, 9.17) is 5.73 Å². The number of hydrogen-bond acceptors (Lipinski definition) is 3. The van der Waals surface area contributed by atoms with E-state index in [9.17, 15) is 12.8 Å². The van der Waals surface area contributed by atoms with Crippen LogP contribution in [0, 0.1) is 5.82 Å². The van der Waals surface area contributed by atoms with E-state index in [1.807, 2.05) is 0 Å². The molecule has 1 rings (SSSR count). The third-order valence-electron chi connectivity index (χ3n) is 2.04. The molecule has 0 aliphatic rings. The fourth-order valence-electron chi connectivity index (χ4n) is 0.919. The van der Waals surface area contributed by atoms with Gasteiger partial charge in [-0.1, -0.05) is 0 Å². The quantitative estimate of drug-likeness (QED) is 0.783. The summed E-state index contributed by atoms with van der Waals surface area (Å²) in [5.41, 5.74) is 5.62. The summed E-state index contributed by atoms with van der Waals surface area (Å²) in [5, 5.41) is 0. The zero-order chi connectivity index (χ0) is 12.6. The number of anilines is 2. The highest BCUT2D eigenvalue weighted by Crippen LogP contribution is 2.23. The van der Waals surface area contributed by atoms with Crippen LogP contribution in [0.1, 0.15) is 20.8 Å². The summed E-state index contributed by atoms with van der Waals surface area (Å²) < 4.78 is 38.0. The number of halogens is 1. The van der Waals surface area contributed by atoms with Crippen molar-refractivity contribution in [2.24, 2.45) is 0 Å². The Morgan fingerprint density at radius 1 is 1.31 bits per heavy atom. The first kappa shape index (κ1) is 12.8. The molecule has 0 unspecified atom stereocenters. The SMILES string of the molecule is CC(C)(C)S(=O)(=O)Nc1cc(N)ccc1F. The van der Waals surface area contributed by atoms with Gasteiger partial charge < -0.3 is 5.73 Å². The Labute approximate surface area is 94.7 Å². The number of sulfonamides is 1. The minimum atomic E-state index is -3.64. The van der Waals surface area contributed by atoms with Crippen LogP contribution in [0.5, 0.6) is 0 Å². The number of benzene rings is 1. The van der Waals surface area contributed by atoms with Crippen LogP contribution in [0.4, 0.5) is 15.8 Å². The third kappa shape index (κ3) is 2.63. The van der Waals surface area contributed by atoms with Gasteiger partial charge in [0.05, 0.1) is 10.4 Å². The second-order valence-electron chi connectivity index (χ2n) is 4.46. The van der Waals surface area contributed by atoms with Gasteiger partial charge in [0.1, 0.15) is 5.82 Å². The molecule has 0 aliphatic heterocycles. The zero-order valence-electron chi connectivity index (χ0n) is 9.41. The molecule has 4 nitrogen and oxygen atoms in total. The highest BCUT2D eigenvalue weighted by molar-refractivity contribution is 7.94. The first-order chi connectivity index (χ1) is 7.13. The van der Waals surface area contributed by atoms with Gasteiger partial charge in [-0.2, -0.15) is 0 Å². The minimum absolute atomic E-state index is 0.130. The second-order valence-corrected chi connectivity index (χ2v) is 6.89. The Balaban J connectivity index is 3.11. The van der Waals surface area contributed by atoms with E-state index in [1.165, 1.54) is 32.9 Å². The summed E-state index contributed by atoms with van der Waals surface area (Å²) >= 11 is 0. The number of nitrogens with one attached hydrogen (secondary N) is 1. The van der Waals surface area contributed by atoms with Gasteiger partial charge >= 0.3 is 0 Å². The van der Waals surface area contributed by atoms with Crippen molar-refractivity contribution in [1.82, 2.24) is 0 Å². The minimum Gasteiger partial charge on any atom is -0.399 e. The summed E-state index contributed by atoms with van der Waals surface area (Å²) in [5.74, 6) is -0.651. The molecule has 0 atom stereocenters. The molecule has 0 spiro atoms. The smallest absolute Gasteiger partial charge is 0.237 e. The molecule has 1 aromatic carbocycles. The first-order valence-electron chi connectivity index (χ1n) is 4.71. The molecule has 0 amide bonds. The molecule has 0 radical (unpaired) electrons. The fourth-order valence-corrected chi connectivity index (χ4v) is 1.67. The van der Waals surface area contributed by atoms with Gasteiger partial charge in [0.15, 0.2) is 0 Å². The van der Waals surface area contributed by atoms with Gasteiger partial charge in [0, 0.05) is 5.69 Å². The Morgan fingerprint density at radius 2 is 1.88 bits per heavy atom. The van der Waals surface area contributed by atoms with Crippen molar-refractivity contribution < 1.29 is 12.8 Å². The lowest BCUT2D eigenvalue weighted by Crippen LogP contribution is -2.34. The van der Waals surface area contributed by atoms with Crippen molar-refractivity contribution in [3.63, 3.8) is 0 Å². The summed E-state index contributed by atoms with van der Waals surface area (Å²) in [6, 6.07) is 3.73. The van der Waals surface area contributed by atoms with Gasteiger partial charge in [-0.15, -0.1) is 0 Å². The maximum atomic E-state index is 13.3. The molecule has 0 bridgehead atoms. The lowest BCUT2D eigenvalue weighted by Gasteiger charge is -2.20. The predicted octanol–water partition coefficient (Wildman–Crippen LogP) is 1.95. The Hall–Kier alpha value is -1.30. The monoisotopic (exact) mass is 246 g/mol. The summed E-state index contributed by atoms with van der Waals surface area (Å²) in [6.45, 7) is 4.58. The van der Waals surface area contributed by atoms with Gasteiger partial charge in [0.2, 0.25) is 10.0 Å². The lowest BCUT2D eigenvalue weighted by atomic mass is 10.3. The maximum absolute atomic E-state index is 13.3. The number of nitrogen functional groups attached to an aromatic ring is 1. The molecule has 0 heterocycles. The molecule has 6 heteroatoms. The first-order valence-corrected chi connectivity index (χ1v) is 6.19. The average Bonchev–Trinajstić information content (AvgIpc) is 2.09. The van der Waals surface area contributed by atoms with Crippen molar-refractivity contribution in [1.29, 1.82) is 0 Å². The van der Waals surface area contributed by atoms with E-state index in [2.05, 4.69) is 4.72 Å². The van der Waals surface area contributed by atoms with E-state index >= 15 is 0 Å². The Bertz CT molecular complexity index is 492. The molecule has 0 fully saturated rings. The highest BCUT2D eigenvalue weighted by atomic mass is 32.2. The van der Waals surface area contributed by atoms with E-state index < -0.39 is 20.6 Å². The van der Waals surface area contributed by atoms with Gasteiger partial charge in [-0.25, -0.2) is 12.8 Å². The molecule has 0 saturated heterocycles. The normalized spacial score (nSPS) is 12.5. The molecular formula is C10H15FN2O2S. The van der Waals surface area contributed by atoms with Crippen molar-refractivity contribution in [2.45, 2.75) is 25.5 Å². The summed E-state index contributed by atoms with van der Waals surface area (Å²) in [7, 11) is -3.64. The van der Waals surface area contributed by atoms with Gasteiger partial charge in [0.25, 0.3) is 0 Å². The topological polar surface area (TPSA) is 72.2 Å². The van der Waals surface area contributed by atoms with Crippen LogP contribution in [-0.2, 0) is 10.0 Å². The highest BCUT2D eigenvalue weighted by Gasteiger charge is 2.29. The summed E-state index contributed by atoms with van der Waals surface area (Å²) in [4.78, 5) is 0. The van der Waals surface area contributed by atoms with Crippen molar-refractivity contribution in [2.75, 3.05) is 10.5 Å². The van der Waals surface area contributed by atoms with E-state index in [0.717, 1.165) is 6.07 Å². The lowest BCUT2D eigenvalue weighted by molar-refractivity contribution is 0.564. The maximum Gasteiger partial charge on any atom is 0.237 e. The van der Waals surface area contributed by atoms with Crippen LogP contribution >= 0.6 is 0 Å². The zero-order valence-corrected chi connectivity index (χ0v) is 10.2. The largest absolute Gasteiger partial charge is 0.399 e. The number of hydrogen-bond donors (Lipinski definition) is 2. The molecule has 1 aromatic rings. The molecule has 0 aliphatic carbocycles. The van der Waals surface area contributed by atoms with E-state index in [1.54, 1.807) is 0 Å². The molecule has 90 valence electrons. The third-order valence-corrected chi connectivity index (χ3v) is 4.14. The Morgan fingerprint density at radius 3 is 2.38 bits per heavy atom. The van der Waals surface area contributed by atoms with Gasteiger partial charge in [-0.3, -0.25) is 4.72 Å². The number of rotatable bonds is 2. The predicted molar refractivity (Wildman–Crippen MR) is 63.1 cm³/mol. The van der Waals surface area contributed by atoms with Crippen LogP contribution in [0.2, 0.25) is 0 Å². The van der Waals surface area contributed by atoms with Crippen LogP contribution in [0.25, 0.3) is 0 Å². The molecular weight excluding hydrogens is 231 g/mol. The van der Waals surface area contributed by atoms with E-state index in [-0.39, 0.29) is 5.69 Å². The van der Waals surface area contributed by atoms with E-state index in [0.29, 0.717) is 5.69 Å². The molecule has 0 aromatic heterocycles. The van der Waals surface area contributed by atoms with Crippen molar-refractivity contribution in [3.8, 4) is 0 Å². The van der Waals surface area contributed by atoms with Gasteiger partial charge in [-0.05, 0) is 39.0 Å². The molecule has 16 heavy (non-hydrogen) atoms. The van der Waals surface area contributed by atoms with Crippen LogP contribution in [-0.4, -0.2) is 13.2 Å². The van der Waals surface area contributed by atoms with Crippen LogP contribution in [0.3, 0.4) is 0 Å². The summed E-state index contributed by atoms with van der Waals surface area (Å²) in [6.07, 6.45) is 0. The fraction of sp³-hybridized carbons (Fsp3) is 0.400. The van der Waals surface area contributed by atoms with Crippen molar-refractivity contribution in [3.05, 3.63) is 24.0 Å². The molecule has 0 saturated carbocycles. The standard InChI is InChI=1S/C10H15FN2O2S/c1-10(2,3)16(14,15)13-9-6-7(12)4-5-8(9)11/h4-6,13H,12H2,1-3H3. The molecule has 3 N–H and O–H groups in total. The average molecular weight is 246 g/mol. The Kier molecular flexibility index (Phi) is 3.14.